The quantitative estimate of drug-likeness (QED) is 0.665. The molecule has 2 rings (SSSR count). The van der Waals surface area contributed by atoms with E-state index < -0.39 is 0 Å². The van der Waals surface area contributed by atoms with Crippen molar-refractivity contribution in [2.24, 2.45) is 0 Å². The zero-order valence-electron chi connectivity index (χ0n) is 5.89. The second-order valence-corrected chi connectivity index (χ2v) is 3.51. The molecular weight excluding hydrogens is 208 g/mol. The summed E-state index contributed by atoms with van der Waals surface area (Å²) in [5.41, 5.74) is 0.760. The van der Waals surface area contributed by atoms with Gasteiger partial charge in [-0.25, -0.2) is 0 Å². The molecule has 0 aliphatic heterocycles. The molecule has 0 saturated carbocycles. The number of hydrogen-bond donors (Lipinski definition) is 0. The molecule has 0 spiro atoms. The highest BCUT2D eigenvalue weighted by Crippen LogP contribution is 2.29. The third-order valence-electron chi connectivity index (χ3n) is 1.91. The first kappa shape index (κ1) is 7.10. The van der Waals surface area contributed by atoms with Gasteiger partial charge in [-0.15, -0.1) is 0 Å². The van der Waals surface area contributed by atoms with Gasteiger partial charge < -0.3 is 4.42 Å². The van der Waals surface area contributed by atoms with Crippen LogP contribution in [0.25, 0.3) is 0 Å². The maximum atomic E-state index is 11.3. The first-order valence-corrected chi connectivity index (χ1v) is 4.37. The Kier molecular flexibility index (Phi) is 1.60. The molecule has 58 valence electrons. The molecule has 1 aliphatic rings. The average molecular weight is 215 g/mol. The molecule has 0 aromatic carbocycles. The Bertz CT molecular complexity index is 301. The van der Waals surface area contributed by atoms with Crippen LogP contribution in [-0.4, -0.2) is 5.78 Å². The van der Waals surface area contributed by atoms with Crippen LogP contribution < -0.4 is 0 Å². The Morgan fingerprint density at radius 3 is 3.00 bits per heavy atom. The van der Waals surface area contributed by atoms with Crippen LogP contribution >= 0.6 is 15.9 Å². The Balaban J connectivity index is 2.56. The fraction of sp³-hybridized carbons (Fsp3) is 0.375. The van der Waals surface area contributed by atoms with E-state index in [1.807, 2.05) is 0 Å². The maximum Gasteiger partial charge on any atom is 0.167 e. The van der Waals surface area contributed by atoms with Crippen molar-refractivity contribution in [1.29, 1.82) is 0 Å². The Morgan fingerprint density at radius 1 is 1.45 bits per heavy atom. The lowest BCUT2D eigenvalue weighted by Gasteiger charge is -2.07. The number of Topliss-reactive ketones (excluding diaryl/α,β-unsaturated/α-hetero) is 1. The van der Waals surface area contributed by atoms with Crippen molar-refractivity contribution < 1.29 is 9.21 Å². The summed E-state index contributed by atoms with van der Waals surface area (Å²) >= 11 is 3.28. The first-order valence-electron chi connectivity index (χ1n) is 3.58. The monoisotopic (exact) mass is 214 g/mol. The molecular formula is C8H7BrO2. The third kappa shape index (κ3) is 1.03. The lowest BCUT2D eigenvalue weighted by atomic mass is 9.98. The molecule has 0 bridgehead atoms. The van der Waals surface area contributed by atoms with Crippen LogP contribution in [0, 0.1) is 0 Å². The number of ketones is 1. The van der Waals surface area contributed by atoms with Crippen molar-refractivity contribution in [2.45, 2.75) is 19.3 Å². The highest BCUT2D eigenvalue weighted by Gasteiger charge is 2.22. The van der Waals surface area contributed by atoms with E-state index in [0.717, 1.165) is 28.6 Å². The maximum absolute atomic E-state index is 11.3. The van der Waals surface area contributed by atoms with Gasteiger partial charge >= 0.3 is 0 Å². The molecule has 1 aliphatic carbocycles. The van der Waals surface area contributed by atoms with E-state index in [9.17, 15) is 4.79 Å². The number of carbonyl (C=O) groups excluding carboxylic acids is 1. The van der Waals surface area contributed by atoms with Gasteiger partial charge in [-0.05, 0) is 22.4 Å². The molecule has 2 nitrogen and oxygen atoms in total. The summed E-state index contributed by atoms with van der Waals surface area (Å²) in [6, 6.07) is 0. The van der Waals surface area contributed by atoms with Gasteiger partial charge in [-0.1, -0.05) is 0 Å². The number of furan rings is 1. The SMILES string of the molecule is O=C1CCCc2occ(Br)c21. The van der Waals surface area contributed by atoms with E-state index in [4.69, 9.17) is 4.42 Å². The van der Waals surface area contributed by atoms with Crippen LogP contribution in [0.2, 0.25) is 0 Å². The van der Waals surface area contributed by atoms with E-state index in [1.165, 1.54) is 0 Å². The van der Waals surface area contributed by atoms with Gasteiger partial charge in [0, 0.05) is 12.8 Å². The minimum atomic E-state index is 0.201. The molecule has 0 atom stereocenters. The fourth-order valence-electron chi connectivity index (χ4n) is 1.38. The molecule has 0 saturated heterocycles. The topological polar surface area (TPSA) is 30.2 Å². The molecule has 1 aromatic heterocycles. The van der Waals surface area contributed by atoms with E-state index >= 15 is 0 Å². The average Bonchev–Trinajstić information content (AvgIpc) is 2.34. The lowest BCUT2D eigenvalue weighted by Crippen LogP contribution is -2.08. The van der Waals surface area contributed by atoms with Crippen LogP contribution in [0.3, 0.4) is 0 Å². The van der Waals surface area contributed by atoms with E-state index in [-0.39, 0.29) is 5.78 Å². The van der Waals surface area contributed by atoms with Crippen LogP contribution in [0.5, 0.6) is 0 Å². The summed E-state index contributed by atoms with van der Waals surface area (Å²) in [6.07, 6.45) is 4.07. The van der Waals surface area contributed by atoms with E-state index in [1.54, 1.807) is 6.26 Å². The van der Waals surface area contributed by atoms with Gasteiger partial charge in [0.2, 0.25) is 0 Å². The van der Waals surface area contributed by atoms with Crippen molar-refractivity contribution in [3.05, 3.63) is 22.1 Å². The minimum absolute atomic E-state index is 0.201. The number of fused-ring (bicyclic) bond motifs is 1. The van der Waals surface area contributed by atoms with Crippen molar-refractivity contribution in [1.82, 2.24) is 0 Å². The Hall–Kier alpha value is -0.570. The van der Waals surface area contributed by atoms with Crippen molar-refractivity contribution in [3.8, 4) is 0 Å². The number of hydrogen-bond acceptors (Lipinski definition) is 2. The predicted molar refractivity (Wildman–Crippen MR) is 43.7 cm³/mol. The van der Waals surface area contributed by atoms with Crippen LogP contribution in [0.4, 0.5) is 0 Å². The van der Waals surface area contributed by atoms with Crippen molar-refractivity contribution in [3.63, 3.8) is 0 Å². The van der Waals surface area contributed by atoms with Crippen LogP contribution in [-0.2, 0) is 6.42 Å². The Labute approximate surface area is 72.7 Å². The zero-order valence-corrected chi connectivity index (χ0v) is 7.48. The van der Waals surface area contributed by atoms with Crippen molar-refractivity contribution in [2.75, 3.05) is 0 Å². The summed E-state index contributed by atoms with van der Waals surface area (Å²) in [5.74, 6) is 1.04. The molecule has 0 amide bonds. The summed E-state index contributed by atoms with van der Waals surface area (Å²) in [6.45, 7) is 0. The van der Waals surface area contributed by atoms with Gasteiger partial charge in [0.1, 0.15) is 12.0 Å². The van der Waals surface area contributed by atoms with Crippen LogP contribution in [0.15, 0.2) is 15.2 Å². The van der Waals surface area contributed by atoms with Gasteiger partial charge in [0.25, 0.3) is 0 Å². The summed E-state index contributed by atoms with van der Waals surface area (Å²) in [4.78, 5) is 11.3. The zero-order chi connectivity index (χ0) is 7.84. The first-order chi connectivity index (χ1) is 5.29. The molecule has 1 heterocycles. The molecule has 0 radical (unpaired) electrons. The van der Waals surface area contributed by atoms with E-state index in [2.05, 4.69) is 15.9 Å². The van der Waals surface area contributed by atoms with Crippen molar-refractivity contribution >= 4 is 21.7 Å². The largest absolute Gasteiger partial charge is 0.467 e. The highest BCUT2D eigenvalue weighted by molar-refractivity contribution is 9.10. The molecule has 0 unspecified atom stereocenters. The highest BCUT2D eigenvalue weighted by atomic mass is 79.9. The molecule has 3 heteroatoms. The predicted octanol–water partition coefficient (Wildman–Crippen LogP) is 2.56. The standard InChI is InChI=1S/C8H7BrO2/c9-5-4-11-7-3-1-2-6(10)8(5)7/h4H,1-3H2. The van der Waals surface area contributed by atoms with Gasteiger partial charge in [0.15, 0.2) is 5.78 Å². The Morgan fingerprint density at radius 2 is 2.27 bits per heavy atom. The number of rotatable bonds is 0. The summed E-state index contributed by atoms with van der Waals surface area (Å²) < 4.78 is 5.99. The number of halogens is 1. The number of carbonyl (C=O) groups is 1. The fourth-order valence-corrected chi connectivity index (χ4v) is 1.92. The second-order valence-electron chi connectivity index (χ2n) is 2.66. The minimum Gasteiger partial charge on any atom is -0.467 e. The summed E-state index contributed by atoms with van der Waals surface area (Å²) in [5, 5.41) is 0. The van der Waals surface area contributed by atoms with E-state index in [0.29, 0.717) is 6.42 Å². The second kappa shape index (κ2) is 2.48. The van der Waals surface area contributed by atoms with Gasteiger partial charge in [0.05, 0.1) is 10.0 Å². The molecule has 0 N–H and O–H groups in total. The normalized spacial score (nSPS) is 16.6. The lowest BCUT2D eigenvalue weighted by molar-refractivity contribution is 0.0969. The third-order valence-corrected chi connectivity index (χ3v) is 2.49. The van der Waals surface area contributed by atoms with Gasteiger partial charge in [-0.3, -0.25) is 4.79 Å². The van der Waals surface area contributed by atoms with Gasteiger partial charge in [-0.2, -0.15) is 0 Å². The molecule has 11 heavy (non-hydrogen) atoms. The number of aryl methyl sites for hydroxylation is 1. The van der Waals surface area contributed by atoms with Crippen LogP contribution in [0.1, 0.15) is 29.0 Å². The summed E-state index contributed by atoms with van der Waals surface area (Å²) in [7, 11) is 0. The smallest absolute Gasteiger partial charge is 0.167 e. The molecule has 0 fully saturated rings. The molecule has 1 aromatic rings.